The van der Waals surface area contributed by atoms with Crippen molar-refractivity contribution in [2.24, 2.45) is 5.73 Å². The van der Waals surface area contributed by atoms with Crippen LogP contribution >= 0.6 is 15.9 Å². The van der Waals surface area contributed by atoms with Crippen molar-refractivity contribution in [1.82, 2.24) is 4.72 Å². The third kappa shape index (κ3) is 4.15. The normalized spacial score (nSPS) is 13.2. The highest BCUT2D eigenvalue weighted by Crippen LogP contribution is 2.26. The number of benzene rings is 1. The number of anilines is 1. The lowest BCUT2D eigenvalue weighted by molar-refractivity contribution is -0.118. The second kappa shape index (κ2) is 5.85. The maximum Gasteiger partial charge on any atom is 0.242 e. The van der Waals surface area contributed by atoms with Crippen LogP contribution in [0, 0.1) is 5.82 Å². The number of nitrogen functional groups attached to an aromatic ring is 1. The Morgan fingerprint density at radius 2 is 2.11 bits per heavy atom. The molecule has 1 unspecified atom stereocenters. The molecule has 0 saturated heterocycles. The van der Waals surface area contributed by atoms with Gasteiger partial charge in [0.2, 0.25) is 15.9 Å². The zero-order chi connectivity index (χ0) is 14.8. The first-order valence-electron chi connectivity index (χ1n) is 5.18. The standard InChI is InChI=1S/C10H13BrFN3O3S/c1-5(2-10(14)16)15-19(17,18)9-3-6(11)7(12)4-8(9)13/h3-5,15H,2,13H2,1H3,(H2,14,16). The highest BCUT2D eigenvalue weighted by atomic mass is 79.9. The molecule has 106 valence electrons. The van der Waals surface area contributed by atoms with Crippen molar-refractivity contribution in [2.75, 3.05) is 5.73 Å². The van der Waals surface area contributed by atoms with Crippen molar-refractivity contribution in [3.05, 3.63) is 22.4 Å². The number of sulfonamides is 1. The van der Waals surface area contributed by atoms with E-state index in [9.17, 15) is 17.6 Å². The van der Waals surface area contributed by atoms with Gasteiger partial charge in [-0.15, -0.1) is 0 Å². The van der Waals surface area contributed by atoms with E-state index in [1.165, 1.54) is 6.92 Å². The van der Waals surface area contributed by atoms with Gasteiger partial charge in [0.15, 0.2) is 0 Å². The molecule has 0 aliphatic rings. The summed E-state index contributed by atoms with van der Waals surface area (Å²) in [7, 11) is -3.95. The van der Waals surface area contributed by atoms with Gasteiger partial charge in [0.1, 0.15) is 10.7 Å². The lowest BCUT2D eigenvalue weighted by Gasteiger charge is -2.14. The number of carbonyl (C=O) groups excluding carboxylic acids is 1. The summed E-state index contributed by atoms with van der Waals surface area (Å²) >= 11 is 2.88. The molecule has 0 saturated carbocycles. The third-order valence-corrected chi connectivity index (χ3v) is 4.46. The Bertz CT molecular complexity index is 606. The number of primary amides is 1. The minimum absolute atomic E-state index is 0.0235. The van der Waals surface area contributed by atoms with E-state index in [2.05, 4.69) is 20.7 Å². The number of hydrogen-bond donors (Lipinski definition) is 3. The Morgan fingerprint density at radius 3 is 2.63 bits per heavy atom. The minimum atomic E-state index is -3.95. The van der Waals surface area contributed by atoms with Crippen molar-refractivity contribution >= 4 is 37.5 Å². The lowest BCUT2D eigenvalue weighted by Crippen LogP contribution is -2.36. The molecule has 0 fully saturated rings. The second-order valence-electron chi connectivity index (χ2n) is 4.00. The molecule has 1 aromatic carbocycles. The molecule has 1 atom stereocenters. The van der Waals surface area contributed by atoms with Crippen LogP contribution in [0.1, 0.15) is 13.3 Å². The quantitative estimate of drug-likeness (QED) is 0.676. The predicted molar refractivity (Wildman–Crippen MR) is 72.1 cm³/mol. The van der Waals surface area contributed by atoms with Crippen LogP contribution in [0.25, 0.3) is 0 Å². The average Bonchev–Trinajstić information content (AvgIpc) is 2.20. The van der Waals surface area contributed by atoms with Gasteiger partial charge < -0.3 is 11.5 Å². The maximum atomic E-state index is 13.2. The van der Waals surface area contributed by atoms with E-state index in [4.69, 9.17) is 11.5 Å². The fourth-order valence-corrected chi connectivity index (χ4v) is 3.33. The summed E-state index contributed by atoms with van der Waals surface area (Å²) in [5.41, 5.74) is 10.2. The van der Waals surface area contributed by atoms with Crippen LogP contribution in [0.2, 0.25) is 0 Å². The van der Waals surface area contributed by atoms with Crippen molar-refractivity contribution in [2.45, 2.75) is 24.3 Å². The molecule has 9 heteroatoms. The van der Waals surface area contributed by atoms with Crippen LogP contribution < -0.4 is 16.2 Å². The molecule has 0 radical (unpaired) electrons. The van der Waals surface area contributed by atoms with E-state index in [-0.39, 0.29) is 21.5 Å². The average molecular weight is 354 g/mol. The van der Waals surface area contributed by atoms with E-state index < -0.39 is 27.8 Å². The molecule has 0 aliphatic heterocycles. The Morgan fingerprint density at radius 1 is 1.53 bits per heavy atom. The van der Waals surface area contributed by atoms with Gasteiger partial charge in [0.05, 0.1) is 10.2 Å². The lowest BCUT2D eigenvalue weighted by atomic mass is 10.2. The molecule has 19 heavy (non-hydrogen) atoms. The van der Waals surface area contributed by atoms with E-state index in [1.54, 1.807) is 0 Å². The SMILES string of the molecule is CC(CC(N)=O)NS(=O)(=O)c1cc(Br)c(F)cc1N. The highest BCUT2D eigenvalue weighted by molar-refractivity contribution is 9.10. The zero-order valence-corrected chi connectivity index (χ0v) is 12.4. The van der Waals surface area contributed by atoms with Crippen LogP contribution in [0.5, 0.6) is 0 Å². The summed E-state index contributed by atoms with van der Waals surface area (Å²) in [5.74, 6) is -1.30. The molecule has 0 heterocycles. The molecule has 5 N–H and O–H groups in total. The fourth-order valence-electron chi connectivity index (χ4n) is 1.45. The Hall–Kier alpha value is -1.19. The van der Waals surface area contributed by atoms with Crippen molar-refractivity contribution in [3.8, 4) is 0 Å². The number of halogens is 2. The number of nitrogens with two attached hydrogens (primary N) is 2. The summed E-state index contributed by atoms with van der Waals surface area (Å²) in [4.78, 5) is 10.4. The molecule has 0 aromatic heterocycles. The van der Waals surface area contributed by atoms with Gasteiger partial charge in [-0.2, -0.15) is 0 Å². The molecule has 6 nitrogen and oxygen atoms in total. The van der Waals surface area contributed by atoms with Crippen molar-refractivity contribution < 1.29 is 17.6 Å². The molecular weight excluding hydrogens is 341 g/mol. The molecule has 0 bridgehead atoms. The van der Waals surface area contributed by atoms with Crippen LogP contribution in [-0.4, -0.2) is 20.4 Å². The van der Waals surface area contributed by atoms with Gasteiger partial charge in [-0.1, -0.05) is 0 Å². The largest absolute Gasteiger partial charge is 0.398 e. The van der Waals surface area contributed by atoms with Gasteiger partial charge in [0, 0.05) is 12.5 Å². The zero-order valence-electron chi connectivity index (χ0n) is 9.98. The predicted octanol–water partition coefficient (Wildman–Crippen LogP) is 0.713. The summed E-state index contributed by atoms with van der Waals surface area (Å²) < 4.78 is 39.4. The van der Waals surface area contributed by atoms with Gasteiger partial charge in [-0.05, 0) is 35.0 Å². The van der Waals surface area contributed by atoms with Gasteiger partial charge in [-0.3, -0.25) is 4.79 Å². The monoisotopic (exact) mass is 353 g/mol. The van der Waals surface area contributed by atoms with E-state index in [0.717, 1.165) is 12.1 Å². The Labute approximate surface area is 118 Å². The number of rotatable bonds is 5. The number of nitrogens with one attached hydrogen (secondary N) is 1. The minimum Gasteiger partial charge on any atom is -0.398 e. The summed E-state index contributed by atoms with van der Waals surface area (Å²) in [6, 6.07) is 1.27. The number of carbonyl (C=O) groups is 1. The van der Waals surface area contributed by atoms with Gasteiger partial charge >= 0.3 is 0 Å². The first kappa shape index (κ1) is 15.9. The topological polar surface area (TPSA) is 115 Å². The van der Waals surface area contributed by atoms with Crippen LogP contribution in [-0.2, 0) is 14.8 Å². The first-order chi connectivity index (χ1) is 8.63. The molecule has 0 spiro atoms. The Kier molecular flexibility index (Phi) is 4.88. The summed E-state index contributed by atoms with van der Waals surface area (Å²) in [5, 5.41) is 0. The highest BCUT2D eigenvalue weighted by Gasteiger charge is 2.22. The fraction of sp³-hybridized carbons (Fsp3) is 0.300. The van der Waals surface area contributed by atoms with Crippen LogP contribution in [0.3, 0.4) is 0 Å². The number of amides is 1. The third-order valence-electron chi connectivity index (χ3n) is 2.21. The van der Waals surface area contributed by atoms with Crippen LogP contribution in [0.4, 0.5) is 10.1 Å². The second-order valence-corrected chi connectivity index (χ2v) is 6.53. The Balaban J connectivity index is 3.07. The smallest absolute Gasteiger partial charge is 0.242 e. The first-order valence-corrected chi connectivity index (χ1v) is 7.46. The maximum absolute atomic E-state index is 13.2. The van der Waals surface area contributed by atoms with Crippen LogP contribution in [0.15, 0.2) is 21.5 Å². The van der Waals surface area contributed by atoms with E-state index in [0.29, 0.717) is 0 Å². The van der Waals surface area contributed by atoms with Crippen molar-refractivity contribution in [1.29, 1.82) is 0 Å². The van der Waals surface area contributed by atoms with Crippen molar-refractivity contribution in [3.63, 3.8) is 0 Å². The summed E-state index contributed by atoms with van der Waals surface area (Å²) in [6.07, 6.45) is -0.151. The van der Waals surface area contributed by atoms with Gasteiger partial charge in [0.25, 0.3) is 0 Å². The molecule has 1 amide bonds. The number of hydrogen-bond acceptors (Lipinski definition) is 4. The van der Waals surface area contributed by atoms with E-state index >= 15 is 0 Å². The molecular formula is C10H13BrFN3O3S. The molecule has 0 aliphatic carbocycles. The van der Waals surface area contributed by atoms with E-state index in [1.807, 2.05) is 0 Å². The van der Waals surface area contributed by atoms with Gasteiger partial charge in [-0.25, -0.2) is 17.5 Å². The summed E-state index contributed by atoms with van der Waals surface area (Å²) in [6.45, 7) is 1.48. The molecule has 1 rings (SSSR count). The molecule has 1 aromatic rings.